The molecule has 3 heteroatoms. The molecule has 21 heavy (non-hydrogen) atoms. The third kappa shape index (κ3) is 3.27. The molecule has 0 saturated heterocycles. The Bertz CT molecular complexity index is 519. The summed E-state index contributed by atoms with van der Waals surface area (Å²) < 4.78 is 0. The SMILES string of the molecule is CC(C)(C)C1=CB2CC(C(C)(C)C)=NN2C(C(C)(C)C)=C1. The van der Waals surface area contributed by atoms with E-state index >= 15 is 0 Å². The second kappa shape index (κ2) is 4.76. The van der Waals surface area contributed by atoms with Crippen LogP contribution in [0.1, 0.15) is 62.3 Å². The van der Waals surface area contributed by atoms with E-state index < -0.39 is 0 Å². The molecule has 0 N–H and O–H groups in total. The van der Waals surface area contributed by atoms with Gasteiger partial charge < -0.3 is 4.92 Å². The molecule has 2 aliphatic rings. The van der Waals surface area contributed by atoms with Gasteiger partial charge >= 0.3 is 6.85 Å². The Balaban J connectivity index is 2.47. The molecule has 0 aliphatic carbocycles. The van der Waals surface area contributed by atoms with Gasteiger partial charge in [-0.05, 0) is 17.8 Å². The van der Waals surface area contributed by atoms with Crippen LogP contribution >= 0.6 is 0 Å². The van der Waals surface area contributed by atoms with Gasteiger partial charge in [0.1, 0.15) is 0 Å². The first-order valence-corrected chi connectivity index (χ1v) is 8.12. The van der Waals surface area contributed by atoms with Crippen LogP contribution < -0.4 is 0 Å². The fraction of sp³-hybridized carbons (Fsp3) is 0.722. The summed E-state index contributed by atoms with van der Waals surface area (Å²) in [6.45, 7) is 20.9. The van der Waals surface area contributed by atoms with Crippen molar-refractivity contribution in [3.8, 4) is 0 Å². The van der Waals surface area contributed by atoms with Crippen LogP contribution in [-0.2, 0) is 0 Å². The Morgan fingerprint density at radius 1 is 0.905 bits per heavy atom. The monoisotopic (exact) mass is 286 g/mol. The van der Waals surface area contributed by atoms with Crippen molar-refractivity contribution < 1.29 is 0 Å². The van der Waals surface area contributed by atoms with Gasteiger partial charge in [-0.25, -0.2) is 0 Å². The smallest absolute Gasteiger partial charge is 0.309 e. The zero-order valence-electron chi connectivity index (χ0n) is 15.3. The minimum atomic E-state index is 0.111. The fourth-order valence-corrected chi connectivity index (χ4v) is 2.84. The van der Waals surface area contributed by atoms with Crippen molar-refractivity contribution >= 4 is 12.6 Å². The predicted molar refractivity (Wildman–Crippen MR) is 94.4 cm³/mol. The normalized spacial score (nSPS) is 20.1. The highest BCUT2D eigenvalue weighted by molar-refractivity contribution is 6.67. The average molecular weight is 286 g/mol. The topological polar surface area (TPSA) is 15.6 Å². The van der Waals surface area contributed by atoms with Gasteiger partial charge in [0, 0.05) is 22.2 Å². The maximum atomic E-state index is 4.98. The first kappa shape index (κ1) is 16.4. The van der Waals surface area contributed by atoms with E-state index in [0.717, 1.165) is 6.32 Å². The molecule has 0 aromatic heterocycles. The summed E-state index contributed by atoms with van der Waals surface area (Å²) in [5.41, 5.74) is 4.55. The second-order valence-corrected chi connectivity index (χ2v) is 9.56. The van der Waals surface area contributed by atoms with Crippen LogP contribution in [0.2, 0.25) is 6.32 Å². The number of hydrogen-bond acceptors (Lipinski definition) is 2. The number of hydrazone groups is 1. The molecule has 2 nitrogen and oxygen atoms in total. The van der Waals surface area contributed by atoms with Gasteiger partial charge in [0.05, 0.1) is 0 Å². The van der Waals surface area contributed by atoms with Crippen LogP contribution in [0.4, 0.5) is 0 Å². The third-order valence-electron chi connectivity index (χ3n) is 4.36. The summed E-state index contributed by atoms with van der Waals surface area (Å²) in [7, 11) is 0. The van der Waals surface area contributed by atoms with Crippen LogP contribution in [0.25, 0.3) is 0 Å². The standard InChI is InChI=1S/C18H31BN2/c1-16(2,3)13-10-15(18(7,8)9)21-19(11-13)12-14(20-21)17(4,5)6/h10-11H,12H2,1-9H3. The van der Waals surface area contributed by atoms with Crippen LogP contribution in [0.5, 0.6) is 0 Å². The van der Waals surface area contributed by atoms with Crippen LogP contribution in [0.15, 0.2) is 28.4 Å². The van der Waals surface area contributed by atoms with E-state index in [-0.39, 0.29) is 16.2 Å². The lowest BCUT2D eigenvalue weighted by Crippen LogP contribution is -2.38. The highest BCUT2D eigenvalue weighted by atomic mass is 15.4. The first-order valence-electron chi connectivity index (χ1n) is 8.12. The van der Waals surface area contributed by atoms with Gasteiger partial charge in [0.25, 0.3) is 0 Å². The summed E-state index contributed by atoms with van der Waals surface area (Å²) in [4.78, 5) is 2.27. The second-order valence-electron chi connectivity index (χ2n) is 9.56. The Morgan fingerprint density at radius 3 is 1.90 bits per heavy atom. The molecule has 0 atom stereocenters. The number of fused-ring (bicyclic) bond motifs is 1. The Kier molecular flexibility index (Phi) is 3.71. The lowest BCUT2D eigenvalue weighted by Gasteiger charge is -2.37. The molecule has 0 aromatic carbocycles. The number of hydrogen-bond donors (Lipinski definition) is 0. The summed E-state index contributed by atoms with van der Waals surface area (Å²) in [6, 6.07) is 0. The van der Waals surface area contributed by atoms with Gasteiger partial charge in [-0.1, -0.05) is 73.9 Å². The molecular formula is C18H31BN2. The summed E-state index contributed by atoms with van der Waals surface area (Å²) >= 11 is 0. The summed E-state index contributed by atoms with van der Waals surface area (Å²) in [6.07, 6.45) is 3.42. The molecule has 0 unspecified atom stereocenters. The minimum absolute atomic E-state index is 0.111. The molecule has 0 amide bonds. The predicted octanol–water partition coefficient (Wildman–Crippen LogP) is 5.15. The number of nitrogens with zero attached hydrogens (tertiary/aromatic N) is 2. The summed E-state index contributed by atoms with van der Waals surface area (Å²) in [5.74, 6) is 2.43. The van der Waals surface area contributed by atoms with Crippen LogP contribution in [0, 0.1) is 16.2 Å². The molecule has 0 bridgehead atoms. The van der Waals surface area contributed by atoms with Gasteiger partial charge in [-0.15, -0.1) is 0 Å². The first-order chi connectivity index (χ1) is 9.30. The van der Waals surface area contributed by atoms with E-state index in [9.17, 15) is 0 Å². The molecule has 0 aromatic rings. The van der Waals surface area contributed by atoms with E-state index in [1.54, 1.807) is 0 Å². The number of allylic oxidation sites excluding steroid dienone is 3. The maximum absolute atomic E-state index is 4.98. The zero-order valence-corrected chi connectivity index (χ0v) is 15.3. The highest BCUT2D eigenvalue weighted by Gasteiger charge is 2.41. The van der Waals surface area contributed by atoms with Crippen molar-refractivity contribution in [2.45, 2.75) is 68.6 Å². The number of rotatable bonds is 0. The Hall–Kier alpha value is -0.985. The molecule has 116 valence electrons. The van der Waals surface area contributed by atoms with E-state index in [1.807, 2.05) is 0 Å². The van der Waals surface area contributed by atoms with Gasteiger partial charge in [0.15, 0.2) is 0 Å². The molecule has 2 aliphatic heterocycles. The highest BCUT2D eigenvalue weighted by Crippen LogP contribution is 2.42. The summed E-state index contributed by atoms with van der Waals surface area (Å²) in [5, 5.41) is 4.98. The Labute approximate surface area is 131 Å². The largest absolute Gasteiger partial charge is 0.315 e. The zero-order chi connectivity index (χ0) is 16.2. The lowest BCUT2D eigenvalue weighted by atomic mass is 9.52. The lowest BCUT2D eigenvalue weighted by molar-refractivity contribution is 0.376. The fourth-order valence-electron chi connectivity index (χ4n) is 2.84. The van der Waals surface area contributed by atoms with E-state index in [2.05, 4.69) is 79.3 Å². The molecule has 0 spiro atoms. The van der Waals surface area contributed by atoms with Gasteiger partial charge in [0.2, 0.25) is 0 Å². The molecule has 0 saturated carbocycles. The molecule has 0 radical (unpaired) electrons. The van der Waals surface area contributed by atoms with Crippen molar-refractivity contribution in [2.75, 3.05) is 0 Å². The van der Waals surface area contributed by atoms with Crippen molar-refractivity contribution in [1.29, 1.82) is 0 Å². The van der Waals surface area contributed by atoms with Crippen molar-refractivity contribution in [1.82, 2.24) is 4.92 Å². The van der Waals surface area contributed by atoms with E-state index in [1.165, 1.54) is 17.0 Å². The average Bonchev–Trinajstić information content (AvgIpc) is 2.67. The van der Waals surface area contributed by atoms with Crippen LogP contribution in [-0.4, -0.2) is 17.5 Å². The molecule has 0 fully saturated rings. The minimum Gasteiger partial charge on any atom is -0.309 e. The van der Waals surface area contributed by atoms with Crippen LogP contribution in [0.3, 0.4) is 0 Å². The molecule has 2 heterocycles. The third-order valence-corrected chi connectivity index (χ3v) is 4.36. The maximum Gasteiger partial charge on any atom is 0.315 e. The Morgan fingerprint density at radius 2 is 1.48 bits per heavy atom. The van der Waals surface area contributed by atoms with Crippen molar-refractivity contribution in [3.63, 3.8) is 0 Å². The molecule has 2 rings (SSSR count). The van der Waals surface area contributed by atoms with E-state index in [4.69, 9.17) is 5.10 Å². The quantitative estimate of drug-likeness (QED) is 0.562. The van der Waals surface area contributed by atoms with E-state index in [0.29, 0.717) is 6.85 Å². The van der Waals surface area contributed by atoms with Crippen molar-refractivity contribution in [2.24, 2.45) is 21.3 Å². The van der Waals surface area contributed by atoms with Gasteiger partial charge in [-0.2, -0.15) is 5.10 Å². The van der Waals surface area contributed by atoms with Crippen molar-refractivity contribution in [3.05, 3.63) is 23.3 Å². The molecular weight excluding hydrogens is 255 g/mol. The van der Waals surface area contributed by atoms with Gasteiger partial charge in [-0.3, -0.25) is 0 Å².